The maximum absolute atomic E-state index is 12.6. The van der Waals surface area contributed by atoms with Gasteiger partial charge in [0.15, 0.2) is 0 Å². The van der Waals surface area contributed by atoms with Gasteiger partial charge in [-0.1, -0.05) is 18.2 Å². The van der Waals surface area contributed by atoms with Crippen LogP contribution in [0.25, 0.3) is 11.3 Å². The first-order valence-corrected chi connectivity index (χ1v) is 12.4. The van der Waals surface area contributed by atoms with Gasteiger partial charge in [-0.15, -0.1) is 0 Å². The number of aromatic nitrogens is 3. The SMILES string of the molecule is N#Cc1c(-c2ccc(C(=O)Nc3ccccn3)cc2)nn2c1Nc1ccc(N3CCNCC3)cc1CC2. The number of anilines is 4. The van der Waals surface area contributed by atoms with Crippen molar-refractivity contribution in [2.75, 3.05) is 41.7 Å². The molecule has 2 aromatic heterocycles. The lowest BCUT2D eigenvalue weighted by atomic mass is 10.1. The van der Waals surface area contributed by atoms with E-state index < -0.39 is 0 Å². The van der Waals surface area contributed by atoms with Gasteiger partial charge in [-0.2, -0.15) is 10.4 Å². The lowest BCUT2D eigenvalue weighted by Gasteiger charge is -2.30. The number of pyridine rings is 1. The number of amides is 1. The van der Waals surface area contributed by atoms with E-state index in [4.69, 9.17) is 5.10 Å². The second-order valence-corrected chi connectivity index (χ2v) is 9.11. The first kappa shape index (κ1) is 22.8. The van der Waals surface area contributed by atoms with E-state index in [1.807, 2.05) is 22.9 Å². The highest BCUT2D eigenvalue weighted by atomic mass is 16.1. The molecule has 9 heteroatoms. The molecule has 4 aromatic rings. The fraction of sp³-hybridized carbons (Fsp3) is 0.214. The molecule has 0 radical (unpaired) electrons. The molecule has 1 amide bonds. The molecule has 0 saturated carbocycles. The van der Waals surface area contributed by atoms with Crippen molar-refractivity contribution in [3.63, 3.8) is 0 Å². The van der Waals surface area contributed by atoms with Gasteiger partial charge in [0, 0.05) is 61.4 Å². The lowest BCUT2D eigenvalue weighted by molar-refractivity contribution is 0.102. The molecule has 3 N–H and O–H groups in total. The molecule has 9 nitrogen and oxygen atoms in total. The smallest absolute Gasteiger partial charge is 0.256 e. The zero-order valence-corrected chi connectivity index (χ0v) is 20.2. The van der Waals surface area contributed by atoms with Crippen molar-refractivity contribution in [1.29, 1.82) is 5.26 Å². The molecule has 1 saturated heterocycles. The average molecular weight is 491 g/mol. The van der Waals surface area contributed by atoms with Crippen molar-refractivity contribution in [2.24, 2.45) is 0 Å². The third-order valence-corrected chi connectivity index (χ3v) is 6.81. The Hall–Kier alpha value is -4.68. The lowest BCUT2D eigenvalue weighted by Crippen LogP contribution is -2.43. The summed E-state index contributed by atoms with van der Waals surface area (Å²) in [5.74, 6) is 0.945. The minimum atomic E-state index is -0.246. The molecule has 4 heterocycles. The Bertz CT molecular complexity index is 1480. The molecule has 37 heavy (non-hydrogen) atoms. The molecule has 2 aliphatic rings. The van der Waals surface area contributed by atoms with Gasteiger partial charge in [0.05, 0.1) is 0 Å². The quantitative estimate of drug-likeness (QED) is 0.399. The predicted octanol–water partition coefficient (Wildman–Crippen LogP) is 3.78. The van der Waals surface area contributed by atoms with E-state index in [1.54, 1.807) is 30.5 Å². The molecule has 0 atom stereocenters. The van der Waals surface area contributed by atoms with Gasteiger partial charge in [-0.25, -0.2) is 9.67 Å². The van der Waals surface area contributed by atoms with Gasteiger partial charge in [-0.05, 0) is 54.4 Å². The fourth-order valence-corrected chi connectivity index (χ4v) is 4.85. The summed E-state index contributed by atoms with van der Waals surface area (Å²) in [4.78, 5) is 19.1. The van der Waals surface area contributed by atoms with Crippen molar-refractivity contribution in [1.82, 2.24) is 20.1 Å². The maximum atomic E-state index is 12.6. The number of piperazine rings is 1. The van der Waals surface area contributed by atoms with Gasteiger partial charge < -0.3 is 20.9 Å². The third-order valence-electron chi connectivity index (χ3n) is 6.81. The first-order valence-electron chi connectivity index (χ1n) is 12.4. The highest BCUT2D eigenvalue weighted by molar-refractivity contribution is 6.04. The Labute approximate surface area is 214 Å². The highest BCUT2D eigenvalue weighted by Gasteiger charge is 2.23. The Kier molecular flexibility index (Phi) is 6.00. The van der Waals surface area contributed by atoms with Crippen LogP contribution in [0.3, 0.4) is 0 Å². The van der Waals surface area contributed by atoms with Gasteiger partial charge in [-0.3, -0.25) is 4.79 Å². The van der Waals surface area contributed by atoms with E-state index in [0.29, 0.717) is 35.0 Å². The fourth-order valence-electron chi connectivity index (χ4n) is 4.85. The molecule has 0 unspecified atom stereocenters. The first-order chi connectivity index (χ1) is 18.2. The maximum Gasteiger partial charge on any atom is 0.256 e. The topological polar surface area (TPSA) is 111 Å². The van der Waals surface area contributed by atoms with Crippen LogP contribution < -0.4 is 20.9 Å². The van der Waals surface area contributed by atoms with Gasteiger partial charge >= 0.3 is 0 Å². The molecular weight excluding hydrogens is 464 g/mol. The molecule has 1 fully saturated rings. The third kappa shape index (κ3) is 4.50. The zero-order valence-electron chi connectivity index (χ0n) is 20.2. The Morgan fingerprint density at radius 2 is 1.86 bits per heavy atom. The van der Waals surface area contributed by atoms with E-state index >= 15 is 0 Å². The average Bonchev–Trinajstić information content (AvgIpc) is 3.20. The number of carbonyl (C=O) groups excluding carboxylic acids is 1. The Morgan fingerprint density at radius 3 is 2.62 bits per heavy atom. The predicted molar refractivity (Wildman–Crippen MR) is 143 cm³/mol. The molecule has 0 spiro atoms. The number of hydrogen-bond acceptors (Lipinski definition) is 7. The summed E-state index contributed by atoms with van der Waals surface area (Å²) in [5, 5.41) is 24.5. The van der Waals surface area contributed by atoms with Gasteiger partial charge in [0.2, 0.25) is 0 Å². The second kappa shape index (κ2) is 9.76. The molecule has 6 rings (SSSR count). The monoisotopic (exact) mass is 490 g/mol. The molecule has 2 aromatic carbocycles. The van der Waals surface area contributed by atoms with Crippen LogP contribution in [0.5, 0.6) is 0 Å². The number of nitrogens with one attached hydrogen (secondary N) is 3. The van der Waals surface area contributed by atoms with Crippen LogP contribution in [0.15, 0.2) is 66.9 Å². The highest BCUT2D eigenvalue weighted by Crippen LogP contribution is 2.35. The number of rotatable bonds is 4. The van der Waals surface area contributed by atoms with Crippen molar-refractivity contribution < 1.29 is 4.79 Å². The summed E-state index contributed by atoms with van der Waals surface area (Å²) in [6.45, 7) is 4.65. The number of nitriles is 1. The zero-order chi connectivity index (χ0) is 25.2. The van der Waals surface area contributed by atoms with Gasteiger partial charge in [0.25, 0.3) is 5.91 Å². The van der Waals surface area contributed by atoms with Gasteiger partial charge in [0.1, 0.15) is 29.0 Å². The van der Waals surface area contributed by atoms with Crippen LogP contribution in [0.4, 0.5) is 23.0 Å². The largest absolute Gasteiger partial charge is 0.369 e. The van der Waals surface area contributed by atoms with E-state index in [2.05, 4.69) is 50.1 Å². The summed E-state index contributed by atoms with van der Waals surface area (Å²) >= 11 is 0. The summed E-state index contributed by atoms with van der Waals surface area (Å²) in [6, 6.07) is 21.3. The number of nitrogens with zero attached hydrogens (tertiary/aromatic N) is 5. The standard InChI is InChI=1S/C28H26N8O/c29-18-23-26(19-4-6-20(7-5-19)28(37)33-25-3-1-2-11-31-25)34-36-14-10-21-17-22(35-15-12-30-13-16-35)8-9-24(21)32-27(23)36/h1-9,11,17,30,32H,10,12-16H2,(H,31,33,37). The summed E-state index contributed by atoms with van der Waals surface area (Å²) in [6.07, 6.45) is 2.44. The van der Waals surface area contributed by atoms with Crippen LogP contribution in [0.1, 0.15) is 21.5 Å². The van der Waals surface area contributed by atoms with Crippen molar-refractivity contribution in [3.8, 4) is 17.3 Å². The van der Waals surface area contributed by atoms with Crippen LogP contribution in [0, 0.1) is 11.3 Å². The van der Waals surface area contributed by atoms with E-state index in [0.717, 1.165) is 43.9 Å². The van der Waals surface area contributed by atoms with Crippen molar-refractivity contribution in [3.05, 3.63) is 83.6 Å². The molecule has 0 bridgehead atoms. The molecule has 0 aliphatic carbocycles. The summed E-state index contributed by atoms with van der Waals surface area (Å²) in [5.41, 5.74) is 5.82. The molecule has 184 valence electrons. The minimum Gasteiger partial charge on any atom is -0.369 e. The number of benzene rings is 2. The van der Waals surface area contributed by atoms with Crippen LogP contribution in [0.2, 0.25) is 0 Å². The van der Waals surface area contributed by atoms with Crippen molar-refractivity contribution >= 4 is 28.9 Å². The molecule has 2 aliphatic heterocycles. The Morgan fingerprint density at radius 1 is 1.03 bits per heavy atom. The van der Waals surface area contributed by atoms with Crippen molar-refractivity contribution in [2.45, 2.75) is 13.0 Å². The number of fused-ring (bicyclic) bond motifs is 2. The van der Waals surface area contributed by atoms with E-state index in [-0.39, 0.29) is 5.91 Å². The normalized spacial score (nSPS) is 14.5. The second-order valence-electron chi connectivity index (χ2n) is 9.11. The Balaban J connectivity index is 1.25. The van der Waals surface area contributed by atoms with E-state index in [1.165, 1.54) is 11.3 Å². The van der Waals surface area contributed by atoms with E-state index in [9.17, 15) is 10.1 Å². The summed E-state index contributed by atoms with van der Waals surface area (Å²) < 4.78 is 1.88. The van der Waals surface area contributed by atoms with Crippen LogP contribution >= 0.6 is 0 Å². The minimum absolute atomic E-state index is 0.246. The number of hydrogen-bond donors (Lipinski definition) is 3. The number of carbonyl (C=O) groups is 1. The number of aryl methyl sites for hydroxylation is 2. The molecular formula is C28H26N8O. The van der Waals surface area contributed by atoms with Crippen LogP contribution in [-0.4, -0.2) is 46.9 Å². The van der Waals surface area contributed by atoms with Crippen LogP contribution in [-0.2, 0) is 13.0 Å². The summed E-state index contributed by atoms with van der Waals surface area (Å²) in [7, 11) is 0.